The predicted molar refractivity (Wildman–Crippen MR) is 92.9 cm³/mol. The Kier molecular flexibility index (Phi) is 4.83. The minimum Gasteiger partial charge on any atom is -0.444 e. The van der Waals surface area contributed by atoms with Crippen LogP contribution in [-0.4, -0.2) is 59.9 Å². The Morgan fingerprint density at radius 1 is 1.25 bits per heavy atom. The van der Waals surface area contributed by atoms with E-state index in [9.17, 15) is 4.79 Å². The van der Waals surface area contributed by atoms with Crippen molar-refractivity contribution in [3.8, 4) is 0 Å². The number of nitrogens with zero attached hydrogens (tertiary/aromatic N) is 2. The topological polar surface area (TPSA) is 42.0 Å². The molecule has 24 heavy (non-hydrogen) atoms. The molecule has 0 spiro atoms. The Bertz CT molecular complexity index is 570. The number of fused-ring (bicyclic) bond motifs is 1. The maximum Gasteiger partial charge on any atom is 0.410 e. The van der Waals surface area contributed by atoms with Crippen LogP contribution in [0.4, 0.5) is 4.79 Å². The van der Waals surface area contributed by atoms with E-state index in [0.717, 1.165) is 6.54 Å². The van der Waals surface area contributed by atoms with Gasteiger partial charge in [-0.05, 0) is 33.3 Å². The lowest BCUT2D eigenvalue weighted by atomic mass is 10.0. The summed E-state index contributed by atoms with van der Waals surface area (Å²) in [6.45, 7) is 10.8. The second-order valence-electron chi connectivity index (χ2n) is 7.69. The fourth-order valence-corrected chi connectivity index (χ4v) is 3.59. The monoisotopic (exact) mass is 332 g/mol. The molecule has 2 heterocycles. The van der Waals surface area contributed by atoms with Gasteiger partial charge in [-0.15, -0.1) is 0 Å². The summed E-state index contributed by atoms with van der Waals surface area (Å²) in [5.74, 6) is 0. The third-order valence-corrected chi connectivity index (χ3v) is 4.78. The molecule has 2 aliphatic rings. The molecule has 3 atom stereocenters. The number of carbonyl (C=O) groups excluding carboxylic acids is 1. The molecule has 0 radical (unpaired) electrons. The fourth-order valence-electron chi connectivity index (χ4n) is 3.59. The number of benzene rings is 1. The van der Waals surface area contributed by atoms with Gasteiger partial charge in [-0.3, -0.25) is 4.90 Å². The van der Waals surface area contributed by atoms with E-state index in [0.29, 0.717) is 25.7 Å². The van der Waals surface area contributed by atoms with E-state index >= 15 is 0 Å². The first-order chi connectivity index (χ1) is 11.3. The van der Waals surface area contributed by atoms with Gasteiger partial charge in [-0.2, -0.15) is 0 Å². The zero-order chi connectivity index (χ0) is 17.3. The van der Waals surface area contributed by atoms with Gasteiger partial charge < -0.3 is 14.4 Å². The van der Waals surface area contributed by atoms with Gasteiger partial charge in [-0.1, -0.05) is 30.3 Å². The van der Waals surface area contributed by atoms with Crippen molar-refractivity contribution in [1.82, 2.24) is 9.80 Å². The van der Waals surface area contributed by atoms with E-state index < -0.39 is 5.60 Å². The highest BCUT2D eigenvalue weighted by molar-refractivity contribution is 5.68. The van der Waals surface area contributed by atoms with Crippen molar-refractivity contribution < 1.29 is 14.3 Å². The zero-order valence-corrected chi connectivity index (χ0v) is 15.1. The summed E-state index contributed by atoms with van der Waals surface area (Å²) in [7, 11) is 0. The number of rotatable bonds is 2. The maximum atomic E-state index is 12.4. The van der Waals surface area contributed by atoms with E-state index in [4.69, 9.17) is 9.47 Å². The molecule has 0 saturated carbocycles. The molecule has 5 nitrogen and oxygen atoms in total. The molecule has 2 aliphatic heterocycles. The van der Waals surface area contributed by atoms with Crippen LogP contribution in [0.15, 0.2) is 30.3 Å². The van der Waals surface area contributed by atoms with Gasteiger partial charge >= 0.3 is 6.09 Å². The average Bonchev–Trinajstić information content (AvgIpc) is 2.97. The van der Waals surface area contributed by atoms with Crippen LogP contribution in [0.25, 0.3) is 0 Å². The van der Waals surface area contributed by atoms with Gasteiger partial charge in [0.2, 0.25) is 0 Å². The molecule has 1 aromatic rings. The van der Waals surface area contributed by atoms with Crippen LogP contribution in [0.5, 0.6) is 0 Å². The Morgan fingerprint density at radius 2 is 1.96 bits per heavy atom. The first kappa shape index (κ1) is 17.2. The predicted octanol–water partition coefficient (Wildman–Crippen LogP) is 3.07. The number of amides is 1. The van der Waals surface area contributed by atoms with Crippen molar-refractivity contribution in [1.29, 1.82) is 0 Å². The van der Waals surface area contributed by atoms with E-state index in [1.165, 1.54) is 5.56 Å². The quantitative estimate of drug-likeness (QED) is 0.835. The molecule has 132 valence electrons. The minimum atomic E-state index is -0.470. The minimum absolute atomic E-state index is 0.0671. The average molecular weight is 332 g/mol. The highest BCUT2D eigenvalue weighted by Crippen LogP contribution is 2.31. The molecule has 2 fully saturated rings. The van der Waals surface area contributed by atoms with Crippen LogP contribution in [0, 0.1) is 0 Å². The summed E-state index contributed by atoms with van der Waals surface area (Å²) in [6.07, 6.45) is -0.176. The lowest BCUT2D eigenvalue weighted by Crippen LogP contribution is -2.51. The second kappa shape index (κ2) is 6.73. The SMILES string of the molecule is C[C@H](c1ccccc1)N1CCOC2CN(C(=O)OC(C)(C)C)CC21. The van der Waals surface area contributed by atoms with Gasteiger partial charge in [0.05, 0.1) is 25.3 Å². The Morgan fingerprint density at radius 3 is 2.62 bits per heavy atom. The van der Waals surface area contributed by atoms with E-state index in [-0.39, 0.29) is 18.2 Å². The number of likely N-dealkylation sites (tertiary alicyclic amines) is 1. The summed E-state index contributed by atoms with van der Waals surface area (Å²) in [5, 5.41) is 0. The Labute approximate surface area is 144 Å². The van der Waals surface area contributed by atoms with Crippen LogP contribution in [0.3, 0.4) is 0 Å². The molecule has 0 bridgehead atoms. The normalized spacial score (nSPS) is 26.1. The zero-order valence-electron chi connectivity index (χ0n) is 15.1. The third-order valence-electron chi connectivity index (χ3n) is 4.78. The summed E-state index contributed by atoms with van der Waals surface area (Å²) >= 11 is 0. The van der Waals surface area contributed by atoms with Gasteiger partial charge in [0, 0.05) is 19.1 Å². The van der Waals surface area contributed by atoms with Gasteiger partial charge in [0.15, 0.2) is 0 Å². The van der Waals surface area contributed by atoms with Gasteiger partial charge in [0.25, 0.3) is 0 Å². The number of morpholine rings is 1. The molecule has 0 N–H and O–H groups in total. The van der Waals surface area contributed by atoms with Crippen LogP contribution in [0.2, 0.25) is 0 Å². The summed E-state index contributed by atoms with van der Waals surface area (Å²) in [5.41, 5.74) is 0.830. The number of carbonyl (C=O) groups is 1. The smallest absolute Gasteiger partial charge is 0.410 e. The first-order valence-corrected chi connectivity index (χ1v) is 8.75. The van der Waals surface area contributed by atoms with Gasteiger partial charge in [-0.25, -0.2) is 4.79 Å². The fraction of sp³-hybridized carbons (Fsp3) is 0.632. The Hall–Kier alpha value is -1.59. The maximum absolute atomic E-state index is 12.4. The van der Waals surface area contributed by atoms with E-state index in [2.05, 4.69) is 36.1 Å². The first-order valence-electron chi connectivity index (χ1n) is 8.75. The van der Waals surface area contributed by atoms with Crippen molar-refractivity contribution in [2.24, 2.45) is 0 Å². The molecule has 0 aliphatic carbocycles. The Balaban J connectivity index is 1.70. The largest absolute Gasteiger partial charge is 0.444 e. The van der Waals surface area contributed by atoms with Crippen molar-refractivity contribution >= 4 is 6.09 Å². The molecular formula is C19H28N2O3. The lowest BCUT2D eigenvalue weighted by Gasteiger charge is -2.40. The van der Waals surface area contributed by atoms with Crippen molar-refractivity contribution in [2.45, 2.75) is 51.5 Å². The van der Waals surface area contributed by atoms with E-state index in [1.54, 1.807) is 4.90 Å². The third kappa shape index (κ3) is 3.73. The molecule has 3 rings (SSSR count). The number of ether oxygens (including phenoxy) is 2. The second-order valence-corrected chi connectivity index (χ2v) is 7.69. The van der Waals surface area contributed by atoms with Crippen LogP contribution < -0.4 is 0 Å². The van der Waals surface area contributed by atoms with Crippen LogP contribution in [-0.2, 0) is 9.47 Å². The summed E-state index contributed by atoms with van der Waals surface area (Å²) in [6, 6.07) is 11.0. The van der Waals surface area contributed by atoms with E-state index in [1.807, 2.05) is 26.8 Å². The summed E-state index contributed by atoms with van der Waals surface area (Å²) in [4.78, 5) is 16.6. The summed E-state index contributed by atoms with van der Waals surface area (Å²) < 4.78 is 11.5. The molecule has 1 aromatic carbocycles. The molecule has 0 aromatic heterocycles. The van der Waals surface area contributed by atoms with Gasteiger partial charge in [0.1, 0.15) is 5.60 Å². The van der Waals surface area contributed by atoms with Crippen molar-refractivity contribution in [2.75, 3.05) is 26.2 Å². The van der Waals surface area contributed by atoms with Crippen LogP contribution >= 0.6 is 0 Å². The standard InChI is InChI=1S/C19H28N2O3/c1-14(15-8-6-5-7-9-15)21-10-11-23-17-13-20(12-16(17)21)18(22)24-19(2,3)4/h5-9,14,16-17H,10-13H2,1-4H3/t14-,16?,17?/m1/s1. The molecule has 5 heteroatoms. The highest BCUT2D eigenvalue weighted by atomic mass is 16.6. The van der Waals surface area contributed by atoms with Crippen molar-refractivity contribution in [3.05, 3.63) is 35.9 Å². The number of hydrogen-bond acceptors (Lipinski definition) is 4. The van der Waals surface area contributed by atoms with Crippen LogP contribution in [0.1, 0.15) is 39.3 Å². The molecule has 2 saturated heterocycles. The molecule has 2 unspecified atom stereocenters. The number of hydrogen-bond donors (Lipinski definition) is 0. The molecular weight excluding hydrogens is 304 g/mol. The lowest BCUT2D eigenvalue weighted by molar-refractivity contribution is -0.0616. The highest BCUT2D eigenvalue weighted by Gasteiger charge is 2.44. The van der Waals surface area contributed by atoms with Crippen molar-refractivity contribution in [3.63, 3.8) is 0 Å². The molecule has 1 amide bonds.